The van der Waals surface area contributed by atoms with Gasteiger partial charge in [0, 0.05) is 6.07 Å². The Hall–Kier alpha value is -1.93. The van der Waals surface area contributed by atoms with Gasteiger partial charge in [0.2, 0.25) is 11.8 Å². The van der Waals surface area contributed by atoms with Gasteiger partial charge in [-0.2, -0.15) is 8.42 Å². The average Bonchev–Trinajstić information content (AvgIpc) is 2.54. The van der Waals surface area contributed by atoms with E-state index in [4.69, 9.17) is 14.7 Å². The summed E-state index contributed by atoms with van der Waals surface area (Å²) in [5.74, 6) is -0.502. The molecule has 0 saturated carbocycles. The van der Waals surface area contributed by atoms with E-state index < -0.39 is 16.0 Å². The van der Waals surface area contributed by atoms with Crippen molar-refractivity contribution in [2.45, 2.75) is 18.2 Å². The number of benzene rings is 1. The Morgan fingerprint density at radius 3 is 2.72 bits per heavy atom. The quantitative estimate of drug-likeness (QED) is 0.778. The van der Waals surface area contributed by atoms with Crippen LogP contribution in [0.2, 0.25) is 0 Å². The van der Waals surface area contributed by atoms with Crippen LogP contribution in [-0.4, -0.2) is 23.9 Å². The number of rotatable bonds is 3. The van der Waals surface area contributed by atoms with E-state index >= 15 is 0 Å². The molecule has 0 aliphatic heterocycles. The van der Waals surface area contributed by atoms with Crippen LogP contribution in [0.4, 0.5) is 0 Å². The molecule has 1 aromatic carbocycles. The lowest BCUT2D eigenvalue weighted by molar-refractivity contribution is -0.117. The summed E-state index contributed by atoms with van der Waals surface area (Å²) in [5, 5.41) is 0. The number of carbonyl (C=O) groups excluding carboxylic acids is 1. The van der Waals surface area contributed by atoms with Crippen molar-refractivity contribution in [1.82, 2.24) is 4.98 Å². The zero-order valence-electron chi connectivity index (χ0n) is 9.37. The summed E-state index contributed by atoms with van der Waals surface area (Å²) >= 11 is 0. The van der Waals surface area contributed by atoms with Gasteiger partial charge in [-0.15, -0.1) is 0 Å². The number of nitrogens with two attached hydrogens (primary N) is 1. The topological polar surface area (TPSA) is 123 Å². The highest BCUT2D eigenvalue weighted by molar-refractivity contribution is 7.85. The monoisotopic (exact) mass is 270 g/mol. The van der Waals surface area contributed by atoms with E-state index in [1.807, 2.05) is 0 Å². The number of primary amides is 1. The second kappa shape index (κ2) is 4.07. The Morgan fingerprint density at radius 1 is 1.50 bits per heavy atom. The summed E-state index contributed by atoms with van der Waals surface area (Å²) in [5.41, 5.74) is 5.91. The summed E-state index contributed by atoms with van der Waals surface area (Å²) < 4.78 is 36.4. The fourth-order valence-electron chi connectivity index (χ4n) is 1.61. The second-order valence-corrected chi connectivity index (χ2v) is 5.20. The van der Waals surface area contributed by atoms with E-state index in [9.17, 15) is 13.2 Å². The molecule has 0 saturated heterocycles. The van der Waals surface area contributed by atoms with Gasteiger partial charge in [0.25, 0.3) is 10.1 Å². The molecular formula is C10H10N2O5S. The molecule has 1 heterocycles. The molecule has 0 fully saturated rings. The minimum Gasteiger partial charge on any atom is -0.440 e. The van der Waals surface area contributed by atoms with Crippen LogP contribution < -0.4 is 5.73 Å². The van der Waals surface area contributed by atoms with Crippen molar-refractivity contribution >= 4 is 27.1 Å². The van der Waals surface area contributed by atoms with Gasteiger partial charge in [-0.05, 0) is 18.6 Å². The number of hydrogen-bond donors (Lipinski definition) is 2. The van der Waals surface area contributed by atoms with Gasteiger partial charge in [-0.3, -0.25) is 9.35 Å². The van der Waals surface area contributed by atoms with Crippen LogP contribution in [0.25, 0.3) is 11.1 Å². The maximum absolute atomic E-state index is 11.1. The lowest BCUT2D eigenvalue weighted by Gasteiger charge is -2.00. The van der Waals surface area contributed by atoms with E-state index in [1.54, 1.807) is 0 Å². The maximum atomic E-state index is 11.1. The van der Waals surface area contributed by atoms with Crippen LogP contribution in [0.3, 0.4) is 0 Å². The first-order valence-corrected chi connectivity index (χ1v) is 6.37. The molecule has 0 atom stereocenters. The number of amides is 1. The van der Waals surface area contributed by atoms with Crippen molar-refractivity contribution in [2.24, 2.45) is 5.73 Å². The minimum absolute atomic E-state index is 0.101. The van der Waals surface area contributed by atoms with Crippen LogP contribution in [0.1, 0.15) is 11.5 Å². The molecule has 0 aliphatic rings. The molecule has 3 N–H and O–H groups in total. The Balaban J connectivity index is 2.61. The number of fused-ring (bicyclic) bond motifs is 1. The molecule has 0 bridgehead atoms. The van der Waals surface area contributed by atoms with Crippen LogP contribution >= 0.6 is 0 Å². The smallest absolute Gasteiger partial charge is 0.294 e. The highest BCUT2D eigenvalue weighted by Crippen LogP contribution is 2.23. The maximum Gasteiger partial charge on any atom is 0.294 e. The zero-order valence-corrected chi connectivity index (χ0v) is 10.2. The largest absolute Gasteiger partial charge is 0.440 e. The van der Waals surface area contributed by atoms with Crippen LogP contribution in [0, 0.1) is 6.92 Å². The number of oxazole rings is 1. The molecule has 7 nitrogen and oxygen atoms in total. The number of hydrogen-bond acceptors (Lipinski definition) is 5. The van der Waals surface area contributed by atoms with Crippen molar-refractivity contribution in [3.63, 3.8) is 0 Å². The van der Waals surface area contributed by atoms with E-state index in [0.29, 0.717) is 11.1 Å². The zero-order chi connectivity index (χ0) is 13.5. The lowest BCUT2D eigenvalue weighted by Crippen LogP contribution is -2.13. The molecule has 2 rings (SSSR count). The van der Waals surface area contributed by atoms with Gasteiger partial charge in [0.15, 0.2) is 5.58 Å². The fraction of sp³-hybridized carbons (Fsp3) is 0.200. The molecule has 1 aromatic heterocycles. The van der Waals surface area contributed by atoms with Gasteiger partial charge in [0.1, 0.15) is 16.8 Å². The molecule has 18 heavy (non-hydrogen) atoms. The van der Waals surface area contributed by atoms with Crippen molar-refractivity contribution in [3.05, 3.63) is 23.6 Å². The molecule has 2 aromatic rings. The van der Waals surface area contributed by atoms with Crippen molar-refractivity contribution < 1.29 is 22.2 Å². The first-order valence-electron chi connectivity index (χ1n) is 4.93. The molecule has 0 aliphatic carbocycles. The predicted octanol–water partition coefficient (Wildman–Crippen LogP) is 0.411. The van der Waals surface area contributed by atoms with Crippen LogP contribution in [0.15, 0.2) is 21.4 Å². The van der Waals surface area contributed by atoms with E-state index in [0.717, 1.165) is 6.07 Å². The Labute approximate surface area is 102 Å². The summed E-state index contributed by atoms with van der Waals surface area (Å²) in [6.45, 7) is 1.52. The van der Waals surface area contributed by atoms with Gasteiger partial charge < -0.3 is 10.2 Å². The molecule has 0 unspecified atom stereocenters. The second-order valence-electron chi connectivity index (χ2n) is 3.81. The lowest BCUT2D eigenvalue weighted by atomic mass is 10.2. The first kappa shape index (κ1) is 12.5. The summed E-state index contributed by atoms with van der Waals surface area (Å²) in [6.07, 6.45) is -0.172. The van der Waals surface area contributed by atoms with Crippen molar-refractivity contribution in [3.8, 4) is 0 Å². The fourth-order valence-corrected chi connectivity index (χ4v) is 2.33. The van der Waals surface area contributed by atoms with E-state index in [2.05, 4.69) is 4.98 Å². The third-order valence-electron chi connectivity index (χ3n) is 2.33. The first-order chi connectivity index (χ1) is 8.27. The van der Waals surface area contributed by atoms with Gasteiger partial charge in [0.05, 0.1) is 0 Å². The Bertz CT molecular complexity index is 732. The summed E-state index contributed by atoms with van der Waals surface area (Å²) in [7, 11) is -4.32. The van der Waals surface area contributed by atoms with Crippen LogP contribution in [-0.2, 0) is 21.3 Å². The van der Waals surface area contributed by atoms with Crippen LogP contribution in [0.5, 0.6) is 0 Å². The molecule has 1 amide bonds. The standard InChI is InChI=1S/C10H10N2O5S/c1-5-2-6-7(3-8(5)18(14,15)16)17-10(12-6)4-9(11)13/h2-3H,4H2,1H3,(H2,11,13)(H,14,15,16). The highest BCUT2D eigenvalue weighted by Gasteiger charge is 2.17. The van der Waals surface area contributed by atoms with Gasteiger partial charge >= 0.3 is 0 Å². The third-order valence-corrected chi connectivity index (χ3v) is 3.33. The van der Waals surface area contributed by atoms with E-state index in [-0.39, 0.29) is 22.8 Å². The molecule has 0 spiro atoms. The van der Waals surface area contributed by atoms with Crippen molar-refractivity contribution in [2.75, 3.05) is 0 Å². The third kappa shape index (κ3) is 2.34. The number of aryl methyl sites for hydroxylation is 1. The number of aromatic nitrogens is 1. The highest BCUT2D eigenvalue weighted by atomic mass is 32.2. The van der Waals surface area contributed by atoms with Crippen molar-refractivity contribution in [1.29, 1.82) is 0 Å². The SMILES string of the molecule is Cc1cc2nc(CC(N)=O)oc2cc1S(=O)(=O)O. The summed E-state index contributed by atoms with van der Waals surface area (Å²) in [6, 6.07) is 2.62. The number of carbonyl (C=O) groups is 1. The normalized spacial score (nSPS) is 11.9. The average molecular weight is 270 g/mol. The Morgan fingerprint density at radius 2 is 2.17 bits per heavy atom. The summed E-state index contributed by atoms with van der Waals surface area (Å²) in [4.78, 5) is 14.5. The predicted molar refractivity (Wildman–Crippen MR) is 61.5 cm³/mol. The molecular weight excluding hydrogens is 260 g/mol. The van der Waals surface area contributed by atoms with Gasteiger partial charge in [-0.25, -0.2) is 4.98 Å². The van der Waals surface area contributed by atoms with E-state index in [1.165, 1.54) is 13.0 Å². The Kier molecular flexibility index (Phi) is 2.83. The van der Waals surface area contributed by atoms with Gasteiger partial charge in [-0.1, -0.05) is 0 Å². The molecule has 0 radical (unpaired) electrons. The molecule has 8 heteroatoms. The molecule has 96 valence electrons. The minimum atomic E-state index is -4.32. The number of nitrogens with zero attached hydrogens (tertiary/aromatic N) is 1.